The zero-order valence-electron chi connectivity index (χ0n) is 15.2. The molecule has 6 atom stereocenters. The second kappa shape index (κ2) is 5.38. The Balaban J connectivity index is 1.66. The molecule has 4 fully saturated rings. The van der Waals surface area contributed by atoms with Gasteiger partial charge in [0, 0.05) is 0 Å². The van der Waals surface area contributed by atoms with E-state index in [1.165, 1.54) is 44.9 Å². The minimum Gasteiger partial charge on any atom is -0.0879 e. The number of rotatable bonds is 0. The second-order valence-corrected chi connectivity index (χ2v) is 9.56. The molecule has 0 aromatic heterocycles. The van der Waals surface area contributed by atoms with Gasteiger partial charge in [-0.2, -0.15) is 0 Å². The SMILES string of the molecule is C/C=C1\CCC[C@H]2[C@@H]3CC[C@H]4CCCC[C@]4(C)[C@H]3CC[C@]12C. The molecule has 0 aromatic carbocycles. The van der Waals surface area contributed by atoms with Crippen molar-refractivity contribution in [2.24, 2.45) is 34.5 Å². The van der Waals surface area contributed by atoms with Gasteiger partial charge in [0.25, 0.3) is 0 Å². The fraction of sp³-hybridized carbons (Fsp3) is 0.909. The molecule has 0 unspecified atom stereocenters. The first-order valence-electron chi connectivity index (χ1n) is 10.3. The highest BCUT2D eigenvalue weighted by Gasteiger charge is 2.57. The molecule has 0 radical (unpaired) electrons. The number of allylic oxidation sites excluding steroid dienone is 2. The Bertz CT molecular complexity index is 461. The van der Waals surface area contributed by atoms with Crippen molar-refractivity contribution in [1.82, 2.24) is 0 Å². The first-order chi connectivity index (χ1) is 10.6. The van der Waals surface area contributed by atoms with Crippen LogP contribution in [0.5, 0.6) is 0 Å². The predicted molar refractivity (Wildman–Crippen MR) is 94.7 cm³/mol. The van der Waals surface area contributed by atoms with Gasteiger partial charge in [0.15, 0.2) is 0 Å². The highest BCUT2D eigenvalue weighted by molar-refractivity contribution is 5.21. The maximum Gasteiger partial charge on any atom is -0.00854 e. The van der Waals surface area contributed by atoms with Crippen molar-refractivity contribution in [3.05, 3.63) is 11.6 Å². The predicted octanol–water partition coefficient (Wildman–Crippen LogP) is 6.76. The summed E-state index contributed by atoms with van der Waals surface area (Å²) in [6.07, 6.45) is 19.1. The molecule has 0 N–H and O–H groups in total. The molecule has 4 aliphatic carbocycles. The fourth-order valence-corrected chi connectivity index (χ4v) is 7.82. The lowest BCUT2D eigenvalue weighted by Gasteiger charge is -2.62. The molecule has 0 saturated heterocycles. The normalized spacial score (nSPS) is 53.5. The van der Waals surface area contributed by atoms with Crippen molar-refractivity contribution in [1.29, 1.82) is 0 Å². The van der Waals surface area contributed by atoms with E-state index in [4.69, 9.17) is 0 Å². The summed E-state index contributed by atoms with van der Waals surface area (Å²) in [7, 11) is 0. The smallest absolute Gasteiger partial charge is 0.00854 e. The van der Waals surface area contributed by atoms with Gasteiger partial charge in [-0.1, -0.05) is 38.3 Å². The van der Waals surface area contributed by atoms with Crippen LogP contribution in [0.25, 0.3) is 0 Å². The summed E-state index contributed by atoms with van der Waals surface area (Å²) in [4.78, 5) is 0. The Morgan fingerprint density at radius 3 is 2.55 bits per heavy atom. The van der Waals surface area contributed by atoms with Crippen LogP contribution in [0.4, 0.5) is 0 Å². The third-order valence-electron chi connectivity index (χ3n) is 9.02. The van der Waals surface area contributed by atoms with Gasteiger partial charge in [-0.3, -0.25) is 0 Å². The fourth-order valence-electron chi connectivity index (χ4n) is 7.82. The van der Waals surface area contributed by atoms with E-state index in [2.05, 4.69) is 26.8 Å². The van der Waals surface area contributed by atoms with Gasteiger partial charge in [0.2, 0.25) is 0 Å². The van der Waals surface area contributed by atoms with Crippen molar-refractivity contribution >= 4 is 0 Å². The lowest BCUT2D eigenvalue weighted by molar-refractivity contribution is -0.110. The molecular weight excluding hydrogens is 264 g/mol. The van der Waals surface area contributed by atoms with E-state index in [0.717, 1.165) is 23.7 Å². The molecule has 0 nitrogen and oxygen atoms in total. The molecule has 4 aliphatic rings. The van der Waals surface area contributed by atoms with E-state index in [9.17, 15) is 0 Å². The van der Waals surface area contributed by atoms with Crippen LogP contribution in [-0.4, -0.2) is 0 Å². The van der Waals surface area contributed by atoms with Gasteiger partial charge in [0.05, 0.1) is 0 Å². The quantitative estimate of drug-likeness (QED) is 0.434. The molecule has 0 aliphatic heterocycles. The number of fused-ring (bicyclic) bond motifs is 5. The second-order valence-electron chi connectivity index (χ2n) is 9.56. The van der Waals surface area contributed by atoms with Crippen LogP contribution >= 0.6 is 0 Å². The van der Waals surface area contributed by atoms with E-state index >= 15 is 0 Å². The average molecular weight is 301 g/mol. The largest absolute Gasteiger partial charge is 0.0879 e. The van der Waals surface area contributed by atoms with Crippen LogP contribution in [0, 0.1) is 34.5 Å². The Labute approximate surface area is 138 Å². The summed E-state index contributed by atoms with van der Waals surface area (Å²) < 4.78 is 0. The molecule has 0 heterocycles. The van der Waals surface area contributed by atoms with Crippen LogP contribution in [-0.2, 0) is 0 Å². The highest BCUT2D eigenvalue weighted by atomic mass is 14.6. The van der Waals surface area contributed by atoms with Gasteiger partial charge in [-0.05, 0) is 99.2 Å². The van der Waals surface area contributed by atoms with Crippen molar-refractivity contribution < 1.29 is 0 Å². The first kappa shape index (κ1) is 15.3. The molecule has 124 valence electrons. The maximum atomic E-state index is 2.70. The molecule has 0 spiro atoms. The summed E-state index contributed by atoms with van der Waals surface area (Å²) in [5.41, 5.74) is 3.08. The van der Waals surface area contributed by atoms with Crippen molar-refractivity contribution in [2.45, 2.75) is 91.4 Å². The van der Waals surface area contributed by atoms with Gasteiger partial charge in [-0.15, -0.1) is 0 Å². The molecule has 0 amide bonds. The van der Waals surface area contributed by atoms with E-state index in [-0.39, 0.29) is 0 Å². The van der Waals surface area contributed by atoms with E-state index in [1.807, 2.05) is 5.57 Å². The van der Waals surface area contributed by atoms with Crippen LogP contribution < -0.4 is 0 Å². The zero-order chi connectivity index (χ0) is 15.4. The molecule has 0 bridgehead atoms. The van der Waals surface area contributed by atoms with Crippen LogP contribution in [0.2, 0.25) is 0 Å². The average Bonchev–Trinajstić information content (AvgIpc) is 2.52. The molecule has 22 heavy (non-hydrogen) atoms. The van der Waals surface area contributed by atoms with Crippen molar-refractivity contribution in [2.75, 3.05) is 0 Å². The number of hydrogen-bond donors (Lipinski definition) is 0. The number of hydrogen-bond acceptors (Lipinski definition) is 0. The van der Waals surface area contributed by atoms with Gasteiger partial charge < -0.3 is 0 Å². The summed E-state index contributed by atoms with van der Waals surface area (Å²) in [5.74, 6) is 4.18. The Kier molecular flexibility index (Phi) is 3.74. The minimum atomic E-state index is 0.562. The summed E-state index contributed by atoms with van der Waals surface area (Å²) >= 11 is 0. The third-order valence-corrected chi connectivity index (χ3v) is 9.02. The Morgan fingerprint density at radius 2 is 1.73 bits per heavy atom. The summed E-state index contributed by atoms with van der Waals surface area (Å²) in [6.45, 7) is 7.64. The monoisotopic (exact) mass is 300 g/mol. The zero-order valence-corrected chi connectivity index (χ0v) is 15.2. The molecule has 0 heteroatoms. The van der Waals surface area contributed by atoms with E-state index < -0.39 is 0 Å². The van der Waals surface area contributed by atoms with E-state index in [1.54, 1.807) is 25.7 Å². The maximum absolute atomic E-state index is 2.70. The Morgan fingerprint density at radius 1 is 0.864 bits per heavy atom. The molecular formula is C22H36. The van der Waals surface area contributed by atoms with Gasteiger partial charge in [0.1, 0.15) is 0 Å². The Hall–Kier alpha value is -0.260. The van der Waals surface area contributed by atoms with Crippen molar-refractivity contribution in [3.8, 4) is 0 Å². The first-order valence-corrected chi connectivity index (χ1v) is 10.3. The van der Waals surface area contributed by atoms with Crippen LogP contribution in [0.1, 0.15) is 91.4 Å². The summed E-state index contributed by atoms with van der Waals surface area (Å²) in [6, 6.07) is 0. The van der Waals surface area contributed by atoms with Gasteiger partial charge >= 0.3 is 0 Å². The van der Waals surface area contributed by atoms with Gasteiger partial charge in [-0.25, -0.2) is 0 Å². The standard InChI is InChI=1S/C22H36/c1-4-16-9-7-10-19-18-12-11-17-8-5-6-14-21(17,2)20(18)13-15-22(16,19)3/h4,17-20H,5-15H2,1-3H3/b16-4+/t17-,18+,19+,20+,21+,22-/m1/s1. The van der Waals surface area contributed by atoms with E-state index in [0.29, 0.717) is 10.8 Å². The van der Waals surface area contributed by atoms with Crippen molar-refractivity contribution in [3.63, 3.8) is 0 Å². The minimum absolute atomic E-state index is 0.562. The van der Waals surface area contributed by atoms with Crippen LogP contribution in [0.15, 0.2) is 11.6 Å². The summed E-state index contributed by atoms with van der Waals surface area (Å²) in [5, 5.41) is 0. The lowest BCUT2D eigenvalue weighted by atomic mass is 9.42. The molecule has 0 aromatic rings. The lowest BCUT2D eigenvalue weighted by Crippen LogP contribution is -2.54. The molecule has 4 saturated carbocycles. The third kappa shape index (κ3) is 2.01. The van der Waals surface area contributed by atoms with Crippen LogP contribution in [0.3, 0.4) is 0 Å². The molecule has 4 rings (SSSR count). The highest BCUT2D eigenvalue weighted by Crippen LogP contribution is 2.66. The topological polar surface area (TPSA) is 0 Å².